The Labute approximate surface area is 105 Å². The van der Waals surface area contributed by atoms with Crippen molar-refractivity contribution >= 4 is 5.91 Å². The van der Waals surface area contributed by atoms with E-state index in [9.17, 15) is 4.79 Å². The molecule has 1 aromatic carbocycles. The van der Waals surface area contributed by atoms with E-state index in [0.717, 1.165) is 5.56 Å². The Bertz CT molecular complexity index is 494. The van der Waals surface area contributed by atoms with E-state index in [1.165, 1.54) is 6.20 Å². The minimum absolute atomic E-state index is 0.0782. The number of aromatic nitrogens is 2. The fourth-order valence-electron chi connectivity index (χ4n) is 1.68. The second-order valence-corrected chi connectivity index (χ2v) is 4.31. The van der Waals surface area contributed by atoms with E-state index < -0.39 is 0 Å². The summed E-state index contributed by atoms with van der Waals surface area (Å²) in [6.45, 7) is 4.48. The summed E-state index contributed by atoms with van der Waals surface area (Å²) in [5.41, 5.74) is 1.32. The topological polar surface area (TPSA) is 59.2 Å². The van der Waals surface area contributed by atoms with Crippen molar-refractivity contribution in [2.24, 2.45) is 0 Å². The molecule has 0 spiro atoms. The molecule has 0 aliphatic rings. The first-order chi connectivity index (χ1) is 8.68. The second kappa shape index (κ2) is 5.44. The first kappa shape index (κ1) is 12.3. The van der Waals surface area contributed by atoms with Crippen LogP contribution < -0.4 is 0 Å². The summed E-state index contributed by atoms with van der Waals surface area (Å²) in [4.78, 5) is 13.9. The highest BCUT2D eigenvalue weighted by Gasteiger charge is 2.21. The molecule has 0 aliphatic heterocycles. The summed E-state index contributed by atoms with van der Waals surface area (Å²) in [6, 6.07) is 9.92. The maximum Gasteiger partial charge on any atom is 0.278 e. The average Bonchev–Trinajstić information content (AvgIpc) is 2.90. The molecule has 2 aromatic rings. The first-order valence-corrected chi connectivity index (χ1v) is 5.81. The van der Waals surface area contributed by atoms with Crippen LogP contribution in [0.15, 0.2) is 41.2 Å². The maximum absolute atomic E-state index is 12.2. The van der Waals surface area contributed by atoms with Crippen molar-refractivity contribution in [2.75, 3.05) is 0 Å². The quantitative estimate of drug-likeness (QED) is 0.827. The third-order valence-corrected chi connectivity index (χ3v) is 2.66. The Morgan fingerprint density at radius 3 is 2.61 bits per heavy atom. The summed E-state index contributed by atoms with van der Waals surface area (Å²) in [5, 5.41) is 7.04. The van der Waals surface area contributed by atoms with Gasteiger partial charge in [-0.3, -0.25) is 4.79 Å². The summed E-state index contributed by atoms with van der Waals surface area (Å²) >= 11 is 0. The molecule has 2 rings (SSSR count). The monoisotopic (exact) mass is 245 g/mol. The van der Waals surface area contributed by atoms with E-state index >= 15 is 0 Å². The average molecular weight is 245 g/mol. The fourth-order valence-corrected chi connectivity index (χ4v) is 1.68. The van der Waals surface area contributed by atoms with Gasteiger partial charge in [-0.15, -0.1) is 0 Å². The lowest BCUT2D eigenvalue weighted by Gasteiger charge is -2.25. The second-order valence-electron chi connectivity index (χ2n) is 4.31. The molecule has 0 atom stereocenters. The minimum Gasteiger partial charge on any atom is -0.330 e. The molecule has 0 saturated heterocycles. The highest BCUT2D eigenvalue weighted by atomic mass is 16.6. The Morgan fingerprint density at radius 1 is 1.33 bits per heavy atom. The molecule has 0 bridgehead atoms. The van der Waals surface area contributed by atoms with Crippen molar-refractivity contribution in [3.63, 3.8) is 0 Å². The van der Waals surface area contributed by atoms with Crippen LogP contribution >= 0.6 is 0 Å². The zero-order valence-corrected chi connectivity index (χ0v) is 10.4. The van der Waals surface area contributed by atoms with Crippen molar-refractivity contribution in [3.05, 3.63) is 47.8 Å². The van der Waals surface area contributed by atoms with E-state index in [1.54, 1.807) is 4.90 Å². The lowest BCUT2D eigenvalue weighted by Crippen LogP contribution is -2.36. The Morgan fingerprint density at radius 2 is 2.06 bits per heavy atom. The van der Waals surface area contributed by atoms with Crippen molar-refractivity contribution in [3.8, 4) is 0 Å². The van der Waals surface area contributed by atoms with Crippen LogP contribution in [0, 0.1) is 0 Å². The van der Waals surface area contributed by atoms with Crippen LogP contribution in [0.25, 0.3) is 0 Å². The van der Waals surface area contributed by atoms with E-state index in [-0.39, 0.29) is 17.6 Å². The van der Waals surface area contributed by atoms with Crippen molar-refractivity contribution in [1.29, 1.82) is 0 Å². The molecule has 1 aromatic heterocycles. The van der Waals surface area contributed by atoms with E-state index in [1.807, 2.05) is 44.2 Å². The van der Waals surface area contributed by atoms with Crippen LogP contribution in [0.4, 0.5) is 0 Å². The van der Waals surface area contributed by atoms with Gasteiger partial charge in [-0.25, -0.2) is 4.63 Å². The van der Waals surface area contributed by atoms with Gasteiger partial charge in [-0.1, -0.05) is 35.5 Å². The summed E-state index contributed by atoms with van der Waals surface area (Å²) in [5.74, 6) is -0.171. The fraction of sp³-hybridized carbons (Fsp3) is 0.308. The van der Waals surface area contributed by atoms with Crippen molar-refractivity contribution in [1.82, 2.24) is 15.2 Å². The lowest BCUT2D eigenvalue weighted by molar-refractivity contribution is 0.0679. The molecule has 0 unspecified atom stereocenters. The third-order valence-electron chi connectivity index (χ3n) is 2.66. The standard InChI is InChI=1S/C13H15N3O2/c1-10(2)16(9-11-6-4-3-5-7-11)13(17)12-8-14-18-15-12/h3-8,10H,9H2,1-2H3. The first-order valence-electron chi connectivity index (χ1n) is 5.81. The molecule has 0 saturated carbocycles. The highest BCUT2D eigenvalue weighted by molar-refractivity contribution is 5.91. The van der Waals surface area contributed by atoms with E-state index in [0.29, 0.717) is 6.54 Å². The van der Waals surface area contributed by atoms with E-state index in [2.05, 4.69) is 14.9 Å². The molecule has 94 valence electrons. The van der Waals surface area contributed by atoms with Crippen molar-refractivity contribution in [2.45, 2.75) is 26.4 Å². The molecule has 0 aliphatic carbocycles. The van der Waals surface area contributed by atoms with Crippen molar-refractivity contribution < 1.29 is 9.42 Å². The molecule has 5 heteroatoms. The van der Waals surface area contributed by atoms with Gasteiger partial charge in [-0.2, -0.15) is 0 Å². The van der Waals surface area contributed by atoms with Crippen LogP contribution in [-0.2, 0) is 6.54 Å². The number of rotatable bonds is 4. The van der Waals surface area contributed by atoms with Crippen LogP contribution in [0.3, 0.4) is 0 Å². The van der Waals surface area contributed by atoms with Gasteiger partial charge in [0.05, 0.1) is 0 Å². The lowest BCUT2D eigenvalue weighted by atomic mass is 10.2. The molecular formula is C13H15N3O2. The third kappa shape index (κ3) is 2.74. The minimum atomic E-state index is -0.171. The Balaban J connectivity index is 2.17. The molecule has 5 nitrogen and oxygen atoms in total. The predicted octanol–water partition coefficient (Wildman–Crippen LogP) is 2.12. The molecule has 1 amide bonds. The summed E-state index contributed by atoms with van der Waals surface area (Å²) in [7, 11) is 0. The smallest absolute Gasteiger partial charge is 0.278 e. The number of carbonyl (C=O) groups is 1. The largest absolute Gasteiger partial charge is 0.330 e. The summed E-state index contributed by atoms with van der Waals surface area (Å²) < 4.78 is 4.47. The SMILES string of the molecule is CC(C)N(Cc1ccccc1)C(=O)c1cnon1. The van der Waals surface area contributed by atoms with Gasteiger partial charge in [-0.05, 0) is 24.6 Å². The highest BCUT2D eigenvalue weighted by Crippen LogP contribution is 2.11. The number of hydrogen-bond acceptors (Lipinski definition) is 4. The zero-order valence-electron chi connectivity index (χ0n) is 10.4. The van der Waals surface area contributed by atoms with Gasteiger partial charge in [0, 0.05) is 12.6 Å². The number of carbonyl (C=O) groups excluding carboxylic acids is 1. The van der Waals surface area contributed by atoms with Gasteiger partial charge < -0.3 is 4.90 Å². The predicted molar refractivity (Wildman–Crippen MR) is 65.7 cm³/mol. The van der Waals surface area contributed by atoms with Crippen LogP contribution in [0.2, 0.25) is 0 Å². The van der Waals surface area contributed by atoms with E-state index in [4.69, 9.17) is 0 Å². The van der Waals surface area contributed by atoms with Crippen LogP contribution in [0.5, 0.6) is 0 Å². The normalized spacial score (nSPS) is 10.6. The van der Waals surface area contributed by atoms with Gasteiger partial charge in [0.1, 0.15) is 6.20 Å². The van der Waals surface area contributed by atoms with Crippen LogP contribution in [0.1, 0.15) is 29.9 Å². The van der Waals surface area contributed by atoms with Gasteiger partial charge >= 0.3 is 0 Å². The number of nitrogens with zero attached hydrogens (tertiary/aromatic N) is 3. The van der Waals surface area contributed by atoms with Crippen LogP contribution in [-0.4, -0.2) is 27.2 Å². The number of benzene rings is 1. The zero-order chi connectivity index (χ0) is 13.0. The van der Waals surface area contributed by atoms with Gasteiger partial charge in [0.2, 0.25) is 0 Å². The molecule has 1 heterocycles. The summed E-state index contributed by atoms with van der Waals surface area (Å²) in [6.07, 6.45) is 1.34. The number of hydrogen-bond donors (Lipinski definition) is 0. The molecule has 0 fully saturated rings. The Kier molecular flexibility index (Phi) is 3.72. The molecular weight excluding hydrogens is 230 g/mol. The van der Waals surface area contributed by atoms with Gasteiger partial charge in [0.25, 0.3) is 5.91 Å². The molecule has 18 heavy (non-hydrogen) atoms. The maximum atomic E-state index is 12.2. The molecule has 0 radical (unpaired) electrons. The van der Waals surface area contributed by atoms with Gasteiger partial charge in [0.15, 0.2) is 5.69 Å². The number of amides is 1. The Hall–Kier alpha value is -2.17. The molecule has 0 N–H and O–H groups in total.